The van der Waals surface area contributed by atoms with Crippen LogP contribution in [0, 0.1) is 5.41 Å². The van der Waals surface area contributed by atoms with Crippen LogP contribution in [-0.2, 0) is 9.53 Å². The Labute approximate surface area is 114 Å². The molecule has 1 rings (SSSR count). The van der Waals surface area contributed by atoms with E-state index in [-0.39, 0.29) is 5.56 Å². The maximum atomic E-state index is 12.4. The Kier molecular flexibility index (Phi) is 4.65. The molecule has 1 aromatic carbocycles. The van der Waals surface area contributed by atoms with E-state index in [4.69, 9.17) is 5.73 Å². The van der Waals surface area contributed by atoms with Gasteiger partial charge in [-0.2, -0.15) is 0 Å². The summed E-state index contributed by atoms with van der Waals surface area (Å²) in [5, 5.41) is 0. The van der Waals surface area contributed by atoms with E-state index in [1.54, 1.807) is 0 Å². The van der Waals surface area contributed by atoms with Crippen molar-refractivity contribution in [2.75, 3.05) is 7.11 Å². The molecule has 0 spiro atoms. The van der Waals surface area contributed by atoms with Crippen LogP contribution in [0.15, 0.2) is 24.3 Å². The molecule has 0 heterocycles. The fourth-order valence-electron chi connectivity index (χ4n) is 1.73. The van der Waals surface area contributed by atoms with Crippen molar-refractivity contribution in [2.24, 2.45) is 11.1 Å². The third-order valence-corrected chi connectivity index (χ3v) is 2.97. The number of alkyl halides is 3. The number of ether oxygens (including phenoxy) is 2. The van der Waals surface area contributed by atoms with Crippen LogP contribution in [0.3, 0.4) is 0 Å². The van der Waals surface area contributed by atoms with E-state index in [0.717, 1.165) is 6.07 Å². The first kappa shape index (κ1) is 16.3. The van der Waals surface area contributed by atoms with Gasteiger partial charge in [-0.3, -0.25) is 4.79 Å². The summed E-state index contributed by atoms with van der Waals surface area (Å²) in [6.07, 6.45) is -4.83. The number of rotatable bonds is 4. The number of hydrogen-bond donors (Lipinski definition) is 1. The highest BCUT2D eigenvalue weighted by atomic mass is 19.4. The van der Waals surface area contributed by atoms with Crippen molar-refractivity contribution in [3.63, 3.8) is 0 Å². The van der Waals surface area contributed by atoms with Crippen LogP contribution in [0.25, 0.3) is 0 Å². The van der Waals surface area contributed by atoms with Gasteiger partial charge in [0.05, 0.1) is 12.5 Å². The second kappa shape index (κ2) is 5.70. The van der Waals surface area contributed by atoms with Crippen LogP contribution in [0.1, 0.15) is 25.5 Å². The Morgan fingerprint density at radius 3 is 2.30 bits per heavy atom. The number of carbonyl (C=O) groups excluding carboxylic acids is 1. The lowest BCUT2D eigenvalue weighted by Crippen LogP contribution is -2.37. The Hall–Kier alpha value is -1.76. The van der Waals surface area contributed by atoms with Gasteiger partial charge in [0.1, 0.15) is 5.75 Å². The van der Waals surface area contributed by atoms with E-state index in [9.17, 15) is 18.0 Å². The number of methoxy groups -OCH3 is 1. The zero-order chi connectivity index (χ0) is 15.6. The number of benzene rings is 1. The van der Waals surface area contributed by atoms with Gasteiger partial charge in [-0.25, -0.2) is 0 Å². The Morgan fingerprint density at radius 1 is 1.25 bits per heavy atom. The van der Waals surface area contributed by atoms with Crippen molar-refractivity contribution in [2.45, 2.75) is 26.3 Å². The monoisotopic (exact) mass is 291 g/mol. The Morgan fingerprint density at radius 2 is 1.80 bits per heavy atom. The molecule has 0 unspecified atom stereocenters. The zero-order valence-corrected chi connectivity index (χ0v) is 11.3. The van der Waals surface area contributed by atoms with Crippen molar-refractivity contribution in [1.82, 2.24) is 0 Å². The van der Waals surface area contributed by atoms with Gasteiger partial charge < -0.3 is 15.2 Å². The maximum absolute atomic E-state index is 12.4. The average Bonchev–Trinajstić information content (AvgIpc) is 2.35. The molecule has 0 aliphatic carbocycles. The predicted octanol–water partition coefficient (Wildman–Crippen LogP) is 2.78. The second-order valence-corrected chi connectivity index (χ2v) is 4.78. The number of hydrogen-bond acceptors (Lipinski definition) is 4. The van der Waals surface area contributed by atoms with Crippen LogP contribution < -0.4 is 10.5 Å². The standard InChI is InChI=1S/C13H16F3NO3/c1-12(2,11(18)19-3)10(17)8-6-4-5-7-9(8)20-13(14,15)16/h4-7,10H,17H2,1-3H3/t10-/m1/s1. The third kappa shape index (κ3) is 3.63. The molecule has 4 nitrogen and oxygen atoms in total. The number of esters is 1. The average molecular weight is 291 g/mol. The molecule has 20 heavy (non-hydrogen) atoms. The summed E-state index contributed by atoms with van der Waals surface area (Å²) in [7, 11) is 1.19. The van der Waals surface area contributed by atoms with Crippen molar-refractivity contribution in [3.8, 4) is 5.75 Å². The Bertz CT molecular complexity index is 486. The highest BCUT2D eigenvalue weighted by Gasteiger charge is 2.39. The second-order valence-electron chi connectivity index (χ2n) is 4.78. The minimum absolute atomic E-state index is 0.0835. The summed E-state index contributed by atoms with van der Waals surface area (Å²) in [5.74, 6) is -1.05. The van der Waals surface area contributed by atoms with Gasteiger partial charge in [0.15, 0.2) is 0 Å². The molecule has 0 radical (unpaired) electrons. The lowest BCUT2D eigenvalue weighted by molar-refractivity contribution is -0.275. The summed E-state index contributed by atoms with van der Waals surface area (Å²) in [5.41, 5.74) is 4.81. The Balaban J connectivity index is 3.16. The van der Waals surface area contributed by atoms with E-state index in [2.05, 4.69) is 9.47 Å². The van der Waals surface area contributed by atoms with Gasteiger partial charge >= 0.3 is 12.3 Å². The summed E-state index contributed by atoms with van der Waals surface area (Å²) in [6, 6.07) is 4.44. The predicted molar refractivity (Wildman–Crippen MR) is 65.9 cm³/mol. The smallest absolute Gasteiger partial charge is 0.469 e. The molecule has 0 aliphatic heterocycles. The van der Waals surface area contributed by atoms with Gasteiger partial charge in [-0.05, 0) is 19.9 Å². The molecule has 0 saturated heterocycles. The molecule has 0 aromatic heterocycles. The van der Waals surface area contributed by atoms with Crippen LogP contribution in [0.5, 0.6) is 5.75 Å². The van der Waals surface area contributed by atoms with Gasteiger partial charge in [0.2, 0.25) is 0 Å². The van der Waals surface area contributed by atoms with E-state index < -0.39 is 29.5 Å². The minimum Gasteiger partial charge on any atom is -0.469 e. The van der Waals surface area contributed by atoms with Crippen molar-refractivity contribution < 1.29 is 27.4 Å². The van der Waals surface area contributed by atoms with E-state index in [0.29, 0.717) is 0 Å². The van der Waals surface area contributed by atoms with Gasteiger partial charge in [0, 0.05) is 11.6 Å². The maximum Gasteiger partial charge on any atom is 0.573 e. The van der Waals surface area contributed by atoms with E-state index in [1.165, 1.54) is 39.2 Å². The van der Waals surface area contributed by atoms with E-state index >= 15 is 0 Å². The summed E-state index contributed by atoms with van der Waals surface area (Å²) in [4.78, 5) is 11.7. The summed E-state index contributed by atoms with van der Waals surface area (Å²) >= 11 is 0. The molecular weight excluding hydrogens is 275 g/mol. The van der Waals surface area contributed by atoms with E-state index in [1.807, 2.05) is 0 Å². The van der Waals surface area contributed by atoms with Crippen LogP contribution in [-0.4, -0.2) is 19.4 Å². The summed E-state index contributed by atoms with van der Waals surface area (Å²) < 4.78 is 45.6. The van der Waals surface area contributed by atoms with Crippen molar-refractivity contribution in [1.29, 1.82) is 0 Å². The largest absolute Gasteiger partial charge is 0.573 e. The highest BCUT2D eigenvalue weighted by molar-refractivity contribution is 5.77. The molecule has 0 aliphatic rings. The number of para-hydroxylation sites is 1. The van der Waals surface area contributed by atoms with Crippen LogP contribution >= 0.6 is 0 Å². The number of halogens is 3. The highest BCUT2D eigenvalue weighted by Crippen LogP contribution is 2.38. The van der Waals surface area contributed by atoms with Crippen molar-refractivity contribution >= 4 is 5.97 Å². The first-order valence-electron chi connectivity index (χ1n) is 5.78. The molecule has 7 heteroatoms. The molecule has 0 bridgehead atoms. The lowest BCUT2D eigenvalue weighted by Gasteiger charge is -2.30. The zero-order valence-electron chi connectivity index (χ0n) is 11.3. The van der Waals surface area contributed by atoms with Gasteiger partial charge in [-0.1, -0.05) is 18.2 Å². The molecule has 2 N–H and O–H groups in total. The molecule has 112 valence electrons. The fourth-order valence-corrected chi connectivity index (χ4v) is 1.73. The third-order valence-electron chi connectivity index (χ3n) is 2.97. The minimum atomic E-state index is -4.83. The van der Waals surface area contributed by atoms with Crippen LogP contribution in [0.4, 0.5) is 13.2 Å². The van der Waals surface area contributed by atoms with Gasteiger partial charge in [0.25, 0.3) is 0 Å². The first-order chi connectivity index (χ1) is 9.09. The SMILES string of the molecule is COC(=O)C(C)(C)[C@H](N)c1ccccc1OC(F)(F)F. The molecular formula is C13H16F3NO3. The van der Waals surface area contributed by atoms with Crippen molar-refractivity contribution in [3.05, 3.63) is 29.8 Å². The quantitative estimate of drug-likeness (QED) is 0.866. The van der Waals surface area contributed by atoms with Gasteiger partial charge in [-0.15, -0.1) is 13.2 Å². The molecule has 1 atom stereocenters. The lowest BCUT2D eigenvalue weighted by atomic mass is 9.80. The van der Waals surface area contributed by atoms with Crippen LogP contribution in [0.2, 0.25) is 0 Å². The topological polar surface area (TPSA) is 61.5 Å². The fraction of sp³-hybridized carbons (Fsp3) is 0.462. The number of carbonyl (C=O) groups is 1. The number of nitrogens with two attached hydrogens (primary N) is 1. The molecule has 0 fully saturated rings. The normalized spacial score (nSPS) is 13.8. The summed E-state index contributed by atoms with van der Waals surface area (Å²) in [6.45, 7) is 2.99. The first-order valence-corrected chi connectivity index (χ1v) is 5.78. The molecule has 0 amide bonds. The molecule has 0 saturated carbocycles. The molecule has 1 aromatic rings.